The van der Waals surface area contributed by atoms with E-state index in [0.29, 0.717) is 5.90 Å². The van der Waals surface area contributed by atoms with E-state index in [0.717, 1.165) is 0 Å². The number of carbonyl (C=O) groups is 1. The number of ether oxygens (including phenoxy) is 3. The molecule has 0 fully saturated rings. The van der Waals surface area contributed by atoms with Gasteiger partial charge < -0.3 is 24.4 Å². The largest absolute Gasteiger partial charge is 0.463 e. The van der Waals surface area contributed by atoms with Crippen molar-refractivity contribution in [1.82, 2.24) is 0 Å². The summed E-state index contributed by atoms with van der Waals surface area (Å²) in [5.41, 5.74) is 0. The summed E-state index contributed by atoms with van der Waals surface area (Å²) in [6.07, 6.45) is -2.65. The number of esters is 1. The molecule has 0 saturated carbocycles. The summed E-state index contributed by atoms with van der Waals surface area (Å²) in [4.78, 5) is 14.9. The van der Waals surface area contributed by atoms with Crippen LogP contribution in [-0.2, 0) is 19.0 Å². The molecule has 7 nitrogen and oxygen atoms in total. The molecule has 104 valence electrons. The molecule has 0 saturated heterocycles. The van der Waals surface area contributed by atoms with Gasteiger partial charge in [-0.3, -0.25) is 4.79 Å². The van der Waals surface area contributed by atoms with Gasteiger partial charge in [-0.15, -0.1) is 0 Å². The Bertz CT molecular complexity index is 319. The van der Waals surface area contributed by atoms with E-state index in [2.05, 4.69) is 4.99 Å². The average molecular weight is 261 g/mol. The van der Waals surface area contributed by atoms with Gasteiger partial charge in [-0.25, -0.2) is 4.99 Å². The van der Waals surface area contributed by atoms with Gasteiger partial charge in [0.1, 0.15) is 24.9 Å². The first kappa shape index (κ1) is 14.9. The van der Waals surface area contributed by atoms with E-state index in [1.165, 1.54) is 6.92 Å². The molecule has 1 unspecified atom stereocenters. The Morgan fingerprint density at radius 2 is 2.28 bits per heavy atom. The topological polar surface area (TPSA) is 97.6 Å². The summed E-state index contributed by atoms with van der Waals surface area (Å²) >= 11 is 0. The van der Waals surface area contributed by atoms with Gasteiger partial charge in [-0.1, -0.05) is 0 Å². The third kappa shape index (κ3) is 4.25. The molecule has 0 aromatic rings. The standard InChI is InChI=1S/C11H19NO6/c1-6-11(17-7(2)12-6)18-10(9(15)4-13)5-16-8(3)14/h6,9-11,13,15H,4-5H2,1-3H3/t6-,9+,10?,11-/m0/s1. The molecule has 2 N–H and O–H groups in total. The highest BCUT2D eigenvalue weighted by atomic mass is 16.7. The van der Waals surface area contributed by atoms with E-state index in [1.54, 1.807) is 13.8 Å². The van der Waals surface area contributed by atoms with Crippen molar-refractivity contribution in [2.75, 3.05) is 13.2 Å². The highest BCUT2D eigenvalue weighted by Gasteiger charge is 2.32. The summed E-state index contributed by atoms with van der Waals surface area (Å²) in [5, 5.41) is 18.5. The molecule has 0 aromatic heterocycles. The Hall–Kier alpha value is -1.18. The van der Waals surface area contributed by atoms with Gasteiger partial charge >= 0.3 is 5.97 Å². The SMILES string of the molecule is CC(=O)OCC(O[C@@H]1OC(C)=N[C@H]1C)[C@H](O)CO. The van der Waals surface area contributed by atoms with Crippen molar-refractivity contribution in [3.8, 4) is 0 Å². The Balaban J connectivity index is 2.53. The molecule has 0 aliphatic carbocycles. The number of aliphatic hydroxyl groups excluding tert-OH is 2. The molecule has 0 radical (unpaired) electrons. The van der Waals surface area contributed by atoms with Crippen LogP contribution in [0, 0.1) is 0 Å². The van der Waals surface area contributed by atoms with E-state index in [4.69, 9.17) is 19.3 Å². The minimum absolute atomic E-state index is 0.150. The first-order chi connectivity index (χ1) is 8.43. The Labute approximate surface area is 105 Å². The zero-order valence-corrected chi connectivity index (χ0v) is 10.7. The molecule has 7 heteroatoms. The minimum atomic E-state index is -1.15. The van der Waals surface area contributed by atoms with Crippen molar-refractivity contribution in [2.24, 2.45) is 4.99 Å². The maximum absolute atomic E-state index is 10.7. The lowest BCUT2D eigenvalue weighted by atomic mass is 10.2. The number of nitrogens with zero attached hydrogens (tertiary/aromatic N) is 1. The second-order valence-corrected chi connectivity index (χ2v) is 4.10. The molecule has 0 spiro atoms. The maximum Gasteiger partial charge on any atom is 0.302 e. The average Bonchev–Trinajstić information content (AvgIpc) is 2.61. The summed E-state index contributed by atoms with van der Waals surface area (Å²) in [6, 6.07) is -0.212. The van der Waals surface area contributed by atoms with Gasteiger partial charge in [0.2, 0.25) is 6.29 Å². The van der Waals surface area contributed by atoms with Crippen molar-refractivity contribution >= 4 is 11.9 Å². The molecule has 0 aromatic carbocycles. The van der Waals surface area contributed by atoms with Crippen molar-refractivity contribution in [3.05, 3.63) is 0 Å². The number of rotatable bonds is 6. The highest BCUT2D eigenvalue weighted by molar-refractivity contribution is 5.74. The molecule has 0 amide bonds. The molecular formula is C11H19NO6. The van der Waals surface area contributed by atoms with Gasteiger partial charge in [0.05, 0.1) is 6.61 Å². The van der Waals surface area contributed by atoms with Crippen LogP contribution in [0.15, 0.2) is 4.99 Å². The van der Waals surface area contributed by atoms with E-state index < -0.39 is 31.1 Å². The smallest absolute Gasteiger partial charge is 0.302 e. The summed E-state index contributed by atoms with van der Waals surface area (Å²) in [6.45, 7) is 4.11. The third-order valence-corrected chi connectivity index (χ3v) is 2.44. The monoisotopic (exact) mass is 261 g/mol. The van der Waals surface area contributed by atoms with Gasteiger partial charge in [0.25, 0.3) is 0 Å². The van der Waals surface area contributed by atoms with Crippen LogP contribution in [0.2, 0.25) is 0 Å². The van der Waals surface area contributed by atoms with Crippen LogP contribution >= 0.6 is 0 Å². The maximum atomic E-state index is 10.7. The first-order valence-corrected chi connectivity index (χ1v) is 5.72. The summed E-state index contributed by atoms with van der Waals surface area (Å²) < 4.78 is 15.5. The summed E-state index contributed by atoms with van der Waals surface area (Å²) in [5.74, 6) is 0.0128. The summed E-state index contributed by atoms with van der Waals surface area (Å²) in [7, 11) is 0. The lowest BCUT2D eigenvalue weighted by Gasteiger charge is -2.25. The predicted molar refractivity (Wildman–Crippen MR) is 62.0 cm³/mol. The molecule has 1 rings (SSSR count). The van der Waals surface area contributed by atoms with Crippen LogP contribution in [0.25, 0.3) is 0 Å². The molecule has 0 bridgehead atoms. The molecule has 4 atom stereocenters. The van der Waals surface area contributed by atoms with E-state index >= 15 is 0 Å². The Morgan fingerprint density at radius 3 is 2.72 bits per heavy atom. The quantitative estimate of drug-likeness (QED) is 0.623. The van der Waals surface area contributed by atoms with Crippen molar-refractivity contribution < 1.29 is 29.2 Å². The zero-order valence-electron chi connectivity index (χ0n) is 10.7. The number of hydrogen-bond acceptors (Lipinski definition) is 7. The second-order valence-electron chi connectivity index (χ2n) is 4.10. The normalized spacial score (nSPS) is 26.2. The van der Waals surface area contributed by atoms with Crippen molar-refractivity contribution in [3.63, 3.8) is 0 Å². The van der Waals surface area contributed by atoms with Gasteiger partial charge in [-0.05, 0) is 6.92 Å². The fraction of sp³-hybridized carbons (Fsp3) is 0.818. The predicted octanol–water partition coefficient (Wildman–Crippen LogP) is -0.549. The van der Waals surface area contributed by atoms with Gasteiger partial charge in [-0.2, -0.15) is 0 Å². The number of aliphatic hydroxyl groups is 2. The van der Waals surface area contributed by atoms with E-state index in [9.17, 15) is 9.90 Å². The van der Waals surface area contributed by atoms with Crippen LogP contribution in [-0.4, -0.2) is 59.8 Å². The Morgan fingerprint density at radius 1 is 1.61 bits per heavy atom. The molecule has 18 heavy (non-hydrogen) atoms. The van der Waals surface area contributed by atoms with Crippen molar-refractivity contribution in [2.45, 2.75) is 45.3 Å². The van der Waals surface area contributed by atoms with Crippen LogP contribution < -0.4 is 0 Å². The van der Waals surface area contributed by atoms with Crippen LogP contribution in [0.5, 0.6) is 0 Å². The number of hydrogen-bond donors (Lipinski definition) is 2. The lowest BCUT2D eigenvalue weighted by Crippen LogP contribution is -2.41. The van der Waals surface area contributed by atoms with Gasteiger partial charge in [0.15, 0.2) is 5.90 Å². The van der Waals surface area contributed by atoms with E-state index in [-0.39, 0.29) is 12.6 Å². The second kappa shape index (κ2) is 6.67. The molecule has 1 heterocycles. The Kier molecular flexibility index (Phi) is 5.52. The van der Waals surface area contributed by atoms with Gasteiger partial charge in [0, 0.05) is 13.8 Å². The fourth-order valence-electron chi connectivity index (χ4n) is 1.52. The number of aliphatic imine (C=N–C) groups is 1. The van der Waals surface area contributed by atoms with Crippen LogP contribution in [0.4, 0.5) is 0 Å². The van der Waals surface area contributed by atoms with Crippen molar-refractivity contribution in [1.29, 1.82) is 0 Å². The van der Waals surface area contributed by atoms with E-state index in [1.807, 2.05) is 0 Å². The minimum Gasteiger partial charge on any atom is -0.463 e. The van der Waals surface area contributed by atoms with Crippen LogP contribution in [0.1, 0.15) is 20.8 Å². The number of carbonyl (C=O) groups excluding carboxylic acids is 1. The molecule has 1 aliphatic heterocycles. The molecular weight excluding hydrogens is 242 g/mol. The van der Waals surface area contributed by atoms with Crippen LogP contribution in [0.3, 0.4) is 0 Å². The third-order valence-electron chi connectivity index (χ3n) is 2.44. The lowest BCUT2D eigenvalue weighted by molar-refractivity contribution is -0.183. The first-order valence-electron chi connectivity index (χ1n) is 5.72. The molecule has 1 aliphatic rings. The highest BCUT2D eigenvalue weighted by Crippen LogP contribution is 2.17. The zero-order chi connectivity index (χ0) is 13.7. The fourth-order valence-corrected chi connectivity index (χ4v) is 1.52.